The summed E-state index contributed by atoms with van der Waals surface area (Å²) in [4.78, 5) is 21.3. The van der Waals surface area contributed by atoms with Crippen LogP contribution in [0.4, 0.5) is 0 Å². The predicted octanol–water partition coefficient (Wildman–Crippen LogP) is 2.22. The Morgan fingerprint density at radius 3 is 2.56 bits per heavy atom. The van der Waals surface area contributed by atoms with E-state index in [-0.39, 0.29) is 5.78 Å². The van der Waals surface area contributed by atoms with Crippen LogP contribution >= 0.6 is 0 Å². The minimum absolute atomic E-state index is 0.122. The van der Waals surface area contributed by atoms with Crippen LogP contribution in [0.15, 0.2) is 24.3 Å². The van der Waals surface area contributed by atoms with Gasteiger partial charge in [0.25, 0.3) is 0 Å². The molecule has 1 aromatic carbocycles. The fraction of sp³-hybridized carbons (Fsp3) is 0.231. The quantitative estimate of drug-likeness (QED) is 0.788. The van der Waals surface area contributed by atoms with E-state index in [1.807, 2.05) is 25.1 Å². The molecule has 3 nitrogen and oxygen atoms in total. The molecule has 0 radical (unpaired) electrons. The monoisotopic (exact) mass is 218 g/mol. The van der Waals surface area contributed by atoms with Gasteiger partial charge in [0.15, 0.2) is 0 Å². The minimum atomic E-state index is -0.967. The van der Waals surface area contributed by atoms with Crippen molar-refractivity contribution in [3.8, 4) is 0 Å². The van der Waals surface area contributed by atoms with Gasteiger partial charge in [0.05, 0.1) is 0 Å². The zero-order valence-electron chi connectivity index (χ0n) is 9.36. The Morgan fingerprint density at radius 1 is 1.38 bits per heavy atom. The van der Waals surface area contributed by atoms with Crippen LogP contribution < -0.4 is 0 Å². The first-order valence-electron chi connectivity index (χ1n) is 4.99. The molecular weight excluding hydrogens is 204 g/mol. The van der Waals surface area contributed by atoms with Crippen molar-refractivity contribution >= 4 is 17.8 Å². The molecule has 0 aromatic heterocycles. The molecule has 1 aromatic rings. The third-order valence-electron chi connectivity index (χ3n) is 2.22. The lowest BCUT2D eigenvalue weighted by Crippen LogP contribution is -1.98. The summed E-state index contributed by atoms with van der Waals surface area (Å²) in [5, 5.41) is 8.49. The molecule has 0 unspecified atom stereocenters. The van der Waals surface area contributed by atoms with E-state index < -0.39 is 5.97 Å². The SMILES string of the molecule is CC(=O)Cc1ccc(/C=C/C(=O)O)cc1C. The van der Waals surface area contributed by atoms with Gasteiger partial charge in [0.2, 0.25) is 0 Å². The summed E-state index contributed by atoms with van der Waals surface area (Å²) in [7, 11) is 0. The number of ketones is 1. The van der Waals surface area contributed by atoms with Gasteiger partial charge in [-0.2, -0.15) is 0 Å². The zero-order valence-corrected chi connectivity index (χ0v) is 9.36. The summed E-state index contributed by atoms with van der Waals surface area (Å²) >= 11 is 0. The van der Waals surface area contributed by atoms with Gasteiger partial charge < -0.3 is 5.11 Å². The summed E-state index contributed by atoms with van der Waals surface area (Å²) in [5.41, 5.74) is 2.81. The number of Topliss-reactive ketones (excluding diaryl/α,β-unsaturated/α-hetero) is 1. The first kappa shape index (κ1) is 12.2. The first-order valence-corrected chi connectivity index (χ1v) is 4.99. The molecule has 0 aliphatic heterocycles. The number of carbonyl (C=O) groups excluding carboxylic acids is 1. The van der Waals surface area contributed by atoms with Gasteiger partial charge in [-0.25, -0.2) is 4.79 Å². The van der Waals surface area contributed by atoms with E-state index in [1.165, 1.54) is 6.08 Å². The fourth-order valence-electron chi connectivity index (χ4n) is 1.46. The van der Waals surface area contributed by atoms with Crippen LogP contribution in [0.2, 0.25) is 0 Å². The van der Waals surface area contributed by atoms with Crippen molar-refractivity contribution in [3.05, 3.63) is 41.0 Å². The van der Waals surface area contributed by atoms with Crippen molar-refractivity contribution in [2.24, 2.45) is 0 Å². The standard InChI is InChI=1S/C13H14O3/c1-9-7-11(4-6-13(15)16)3-5-12(9)8-10(2)14/h3-7H,8H2,1-2H3,(H,15,16)/b6-4+. The van der Waals surface area contributed by atoms with Crippen LogP contribution in [-0.2, 0) is 16.0 Å². The Kier molecular flexibility index (Phi) is 4.00. The third kappa shape index (κ3) is 3.69. The van der Waals surface area contributed by atoms with E-state index in [9.17, 15) is 9.59 Å². The maximum absolute atomic E-state index is 11.0. The molecule has 1 N–H and O–H groups in total. The second-order valence-electron chi connectivity index (χ2n) is 3.74. The van der Waals surface area contributed by atoms with Crippen LogP contribution in [0.3, 0.4) is 0 Å². The van der Waals surface area contributed by atoms with Gasteiger partial charge in [-0.15, -0.1) is 0 Å². The largest absolute Gasteiger partial charge is 0.478 e. The molecule has 3 heteroatoms. The molecule has 0 atom stereocenters. The minimum Gasteiger partial charge on any atom is -0.478 e. The number of hydrogen-bond acceptors (Lipinski definition) is 2. The predicted molar refractivity (Wildman–Crippen MR) is 62.2 cm³/mol. The highest BCUT2D eigenvalue weighted by Crippen LogP contribution is 2.13. The second-order valence-corrected chi connectivity index (χ2v) is 3.74. The molecule has 1 rings (SSSR count). The summed E-state index contributed by atoms with van der Waals surface area (Å²) in [6.07, 6.45) is 3.06. The molecule has 0 saturated carbocycles. The Hall–Kier alpha value is -1.90. The molecule has 0 spiro atoms. The maximum Gasteiger partial charge on any atom is 0.328 e. The van der Waals surface area contributed by atoms with Crippen molar-refractivity contribution in [1.29, 1.82) is 0 Å². The van der Waals surface area contributed by atoms with Gasteiger partial charge in [0, 0.05) is 12.5 Å². The maximum atomic E-state index is 11.0. The van der Waals surface area contributed by atoms with E-state index in [0.717, 1.165) is 22.8 Å². The number of carbonyl (C=O) groups is 2. The van der Waals surface area contributed by atoms with Crippen LogP contribution in [0.1, 0.15) is 23.6 Å². The molecule has 0 aliphatic carbocycles. The van der Waals surface area contributed by atoms with Crippen molar-refractivity contribution in [1.82, 2.24) is 0 Å². The number of hydrogen-bond donors (Lipinski definition) is 1. The number of aryl methyl sites for hydroxylation is 1. The normalized spacial score (nSPS) is 10.6. The zero-order chi connectivity index (χ0) is 12.1. The summed E-state index contributed by atoms with van der Waals surface area (Å²) < 4.78 is 0. The lowest BCUT2D eigenvalue weighted by molar-refractivity contribution is -0.131. The van der Waals surface area contributed by atoms with Crippen molar-refractivity contribution < 1.29 is 14.7 Å². The summed E-state index contributed by atoms with van der Waals surface area (Å²) in [6, 6.07) is 5.54. The van der Waals surface area contributed by atoms with Crippen LogP contribution in [0.25, 0.3) is 6.08 Å². The van der Waals surface area contributed by atoms with Crippen molar-refractivity contribution in [2.75, 3.05) is 0 Å². The number of carboxylic acids is 1. The van der Waals surface area contributed by atoms with E-state index >= 15 is 0 Å². The average molecular weight is 218 g/mol. The lowest BCUT2D eigenvalue weighted by Gasteiger charge is -2.04. The van der Waals surface area contributed by atoms with Crippen LogP contribution in [0, 0.1) is 6.92 Å². The van der Waals surface area contributed by atoms with E-state index in [1.54, 1.807) is 6.92 Å². The van der Waals surface area contributed by atoms with Gasteiger partial charge in [-0.1, -0.05) is 18.2 Å². The van der Waals surface area contributed by atoms with Gasteiger partial charge in [-0.3, -0.25) is 4.79 Å². The van der Waals surface area contributed by atoms with Gasteiger partial charge in [0.1, 0.15) is 5.78 Å². The molecular formula is C13H14O3. The van der Waals surface area contributed by atoms with E-state index in [0.29, 0.717) is 6.42 Å². The number of carboxylic acid groups (broad SMARTS) is 1. The highest BCUT2D eigenvalue weighted by Gasteiger charge is 2.01. The summed E-state index contributed by atoms with van der Waals surface area (Å²) in [6.45, 7) is 3.47. The molecule has 16 heavy (non-hydrogen) atoms. The highest BCUT2D eigenvalue weighted by molar-refractivity contribution is 5.85. The van der Waals surface area contributed by atoms with Crippen LogP contribution in [-0.4, -0.2) is 16.9 Å². The fourth-order valence-corrected chi connectivity index (χ4v) is 1.46. The van der Waals surface area contributed by atoms with E-state index in [2.05, 4.69) is 0 Å². The Balaban J connectivity index is 2.90. The third-order valence-corrected chi connectivity index (χ3v) is 2.22. The Labute approximate surface area is 94.4 Å². The molecule has 0 aliphatic rings. The van der Waals surface area contributed by atoms with Crippen molar-refractivity contribution in [3.63, 3.8) is 0 Å². The molecule has 0 amide bonds. The molecule has 0 bridgehead atoms. The molecule has 0 saturated heterocycles. The van der Waals surface area contributed by atoms with Crippen molar-refractivity contribution in [2.45, 2.75) is 20.3 Å². The topological polar surface area (TPSA) is 54.4 Å². The van der Waals surface area contributed by atoms with Gasteiger partial charge in [-0.05, 0) is 36.6 Å². The van der Waals surface area contributed by atoms with Crippen LogP contribution in [0.5, 0.6) is 0 Å². The molecule has 0 fully saturated rings. The number of rotatable bonds is 4. The Morgan fingerprint density at radius 2 is 2.06 bits per heavy atom. The van der Waals surface area contributed by atoms with Gasteiger partial charge >= 0.3 is 5.97 Å². The lowest BCUT2D eigenvalue weighted by atomic mass is 10.0. The van der Waals surface area contributed by atoms with E-state index in [4.69, 9.17) is 5.11 Å². The Bertz CT molecular complexity index is 444. The smallest absolute Gasteiger partial charge is 0.328 e. The number of benzene rings is 1. The molecule has 0 heterocycles. The first-order chi connectivity index (χ1) is 7.49. The highest BCUT2D eigenvalue weighted by atomic mass is 16.4. The second kappa shape index (κ2) is 5.26. The molecule has 84 valence electrons. The average Bonchev–Trinajstić information content (AvgIpc) is 2.18. The summed E-state index contributed by atoms with van der Waals surface area (Å²) in [5.74, 6) is -0.845. The number of aliphatic carboxylic acids is 1.